The number of hydrogen-bond acceptors (Lipinski definition) is 2. The van der Waals surface area contributed by atoms with Gasteiger partial charge in [0.05, 0.1) is 0 Å². The van der Waals surface area contributed by atoms with Crippen LogP contribution in [-0.2, 0) is 4.79 Å². The van der Waals surface area contributed by atoms with Crippen molar-refractivity contribution < 1.29 is 22.4 Å². The minimum absolute atomic E-state index is 0.0702. The van der Waals surface area contributed by atoms with Gasteiger partial charge in [0, 0.05) is 12.1 Å². The molecule has 0 aliphatic rings. The molecule has 0 bridgehead atoms. The molecule has 1 unspecified atom stereocenters. The molecular weight excluding hydrogens is 276 g/mol. The quantitative estimate of drug-likeness (QED) is 0.791. The lowest BCUT2D eigenvalue weighted by molar-refractivity contribution is -0.137. The van der Waals surface area contributed by atoms with Crippen LogP contribution in [0.15, 0.2) is 24.3 Å². The fraction of sp³-hybridized carbons (Fsp3) is 0.462. The van der Waals surface area contributed by atoms with E-state index in [1.165, 1.54) is 31.2 Å². The molecule has 1 amide bonds. The molecule has 1 aromatic carbocycles. The third kappa shape index (κ3) is 5.07. The minimum Gasteiger partial charge on any atom is -0.371 e. The van der Waals surface area contributed by atoms with Crippen LogP contribution in [0.2, 0.25) is 0 Å². The number of benzene rings is 1. The van der Waals surface area contributed by atoms with E-state index in [2.05, 4.69) is 5.32 Å². The molecule has 0 radical (unpaired) electrons. The molecule has 1 atom stereocenters. The summed E-state index contributed by atoms with van der Waals surface area (Å²) in [5.74, 6) is -1.21. The van der Waals surface area contributed by atoms with Gasteiger partial charge in [-0.2, -0.15) is 13.2 Å². The highest BCUT2D eigenvalue weighted by Gasteiger charge is 2.33. The van der Waals surface area contributed by atoms with Crippen molar-refractivity contribution in [1.29, 1.82) is 0 Å². The van der Waals surface area contributed by atoms with Gasteiger partial charge in [-0.1, -0.05) is 0 Å². The van der Waals surface area contributed by atoms with Crippen LogP contribution in [-0.4, -0.2) is 17.6 Å². The third-order valence-electron chi connectivity index (χ3n) is 2.95. The Kier molecular flexibility index (Phi) is 4.97. The molecule has 112 valence electrons. The lowest BCUT2D eigenvalue weighted by Gasteiger charge is -2.29. The Hall–Kier alpha value is -1.79. The molecule has 0 fully saturated rings. The molecule has 3 N–H and O–H groups in total. The monoisotopic (exact) mass is 292 g/mol. The minimum atomic E-state index is -4.27. The number of carbonyl (C=O) groups is 1. The zero-order valence-corrected chi connectivity index (χ0v) is 10.9. The largest absolute Gasteiger partial charge is 0.389 e. The number of halogens is 4. The van der Waals surface area contributed by atoms with Crippen molar-refractivity contribution >= 4 is 11.6 Å². The molecule has 20 heavy (non-hydrogen) atoms. The summed E-state index contributed by atoms with van der Waals surface area (Å²) in [4.78, 5) is 11.5. The second-order valence-electron chi connectivity index (χ2n) is 4.80. The average Bonchev–Trinajstić information content (AvgIpc) is 2.30. The highest BCUT2D eigenvalue weighted by atomic mass is 19.4. The Balaban J connectivity index is 2.71. The summed E-state index contributed by atoms with van der Waals surface area (Å²) in [6, 6.07) is 5.14. The number of rotatable bonds is 6. The van der Waals surface area contributed by atoms with Gasteiger partial charge in [0.25, 0.3) is 0 Å². The van der Waals surface area contributed by atoms with E-state index >= 15 is 0 Å². The Morgan fingerprint density at radius 2 is 1.75 bits per heavy atom. The first-order valence-electron chi connectivity index (χ1n) is 6.03. The lowest BCUT2D eigenvalue weighted by atomic mass is 9.93. The maximum Gasteiger partial charge on any atom is 0.389 e. The van der Waals surface area contributed by atoms with Crippen molar-refractivity contribution in [3.8, 4) is 0 Å². The van der Waals surface area contributed by atoms with Gasteiger partial charge in [-0.25, -0.2) is 4.39 Å². The summed E-state index contributed by atoms with van der Waals surface area (Å²) in [6.45, 7) is 1.43. The number of nitrogens with two attached hydrogens (primary N) is 1. The molecule has 0 saturated heterocycles. The van der Waals surface area contributed by atoms with Gasteiger partial charge in [0.15, 0.2) is 0 Å². The van der Waals surface area contributed by atoms with Gasteiger partial charge in [0.1, 0.15) is 11.4 Å². The summed E-state index contributed by atoms with van der Waals surface area (Å²) in [5.41, 5.74) is 4.34. The Morgan fingerprint density at radius 1 is 1.20 bits per heavy atom. The number of anilines is 1. The van der Waals surface area contributed by atoms with Crippen LogP contribution >= 0.6 is 0 Å². The summed E-state index contributed by atoms with van der Waals surface area (Å²) in [6.07, 6.45) is -5.55. The van der Waals surface area contributed by atoms with Crippen LogP contribution in [0.3, 0.4) is 0 Å². The van der Waals surface area contributed by atoms with E-state index in [0.717, 1.165) is 0 Å². The molecule has 1 rings (SSSR count). The predicted octanol–water partition coefficient (Wildman–Crippen LogP) is 3.21. The molecule has 7 heteroatoms. The standard InChI is InChI=1S/C13H16F4N2O/c1-12(11(18)20,7-2-8-13(15,16)17)19-10-5-3-9(14)4-6-10/h3-6,19H,2,7-8H2,1H3,(H2,18,20). The van der Waals surface area contributed by atoms with Crippen molar-refractivity contribution in [3.63, 3.8) is 0 Å². The molecule has 0 heterocycles. The second kappa shape index (κ2) is 6.11. The van der Waals surface area contributed by atoms with Gasteiger partial charge < -0.3 is 11.1 Å². The van der Waals surface area contributed by atoms with E-state index in [9.17, 15) is 22.4 Å². The van der Waals surface area contributed by atoms with E-state index in [1.807, 2.05) is 0 Å². The number of alkyl halides is 3. The summed E-state index contributed by atoms with van der Waals surface area (Å²) >= 11 is 0. The summed E-state index contributed by atoms with van der Waals surface area (Å²) in [5, 5.41) is 2.76. The van der Waals surface area contributed by atoms with Crippen molar-refractivity contribution in [3.05, 3.63) is 30.1 Å². The molecule has 0 aromatic heterocycles. The van der Waals surface area contributed by atoms with Crippen LogP contribution in [0.4, 0.5) is 23.2 Å². The van der Waals surface area contributed by atoms with Gasteiger partial charge in [-0.05, 0) is 44.0 Å². The van der Waals surface area contributed by atoms with Gasteiger partial charge in [-0.15, -0.1) is 0 Å². The van der Waals surface area contributed by atoms with Gasteiger partial charge in [-0.3, -0.25) is 4.79 Å². The normalized spacial score (nSPS) is 14.7. The first-order chi connectivity index (χ1) is 9.12. The Morgan fingerprint density at radius 3 is 2.20 bits per heavy atom. The molecule has 0 saturated carbocycles. The number of primary amides is 1. The fourth-order valence-electron chi connectivity index (χ4n) is 1.74. The first-order valence-corrected chi connectivity index (χ1v) is 6.03. The summed E-state index contributed by atoms with van der Waals surface area (Å²) < 4.78 is 49.1. The molecule has 0 spiro atoms. The second-order valence-corrected chi connectivity index (χ2v) is 4.80. The van der Waals surface area contributed by atoms with E-state index in [4.69, 9.17) is 5.73 Å². The number of nitrogens with one attached hydrogen (secondary N) is 1. The smallest absolute Gasteiger partial charge is 0.371 e. The van der Waals surface area contributed by atoms with Crippen LogP contribution in [0.5, 0.6) is 0 Å². The van der Waals surface area contributed by atoms with Crippen molar-refractivity contribution in [2.24, 2.45) is 5.73 Å². The van der Waals surface area contributed by atoms with Crippen LogP contribution in [0.1, 0.15) is 26.2 Å². The number of amides is 1. The zero-order valence-electron chi connectivity index (χ0n) is 10.9. The van der Waals surface area contributed by atoms with E-state index < -0.39 is 29.9 Å². The molecular formula is C13H16F4N2O. The zero-order chi connectivity index (χ0) is 15.4. The van der Waals surface area contributed by atoms with E-state index in [0.29, 0.717) is 5.69 Å². The SMILES string of the molecule is CC(CCCC(F)(F)F)(Nc1ccc(F)cc1)C(N)=O. The fourth-order valence-corrected chi connectivity index (χ4v) is 1.74. The maximum absolute atomic E-state index is 12.8. The molecule has 3 nitrogen and oxygen atoms in total. The average molecular weight is 292 g/mol. The number of hydrogen-bond donors (Lipinski definition) is 2. The van der Waals surface area contributed by atoms with Crippen molar-refractivity contribution in [2.75, 3.05) is 5.32 Å². The van der Waals surface area contributed by atoms with Crippen LogP contribution in [0, 0.1) is 5.82 Å². The highest BCUT2D eigenvalue weighted by Crippen LogP contribution is 2.27. The van der Waals surface area contributed by atoms with Crippen LogP contribution in [0.25, 0.3) is 0 Å². The van der Waals surface area contributed by atoms with E-state index in [1.54, 1.807) is 0 Å². The predicted molar refractivity (Wildman–Crippen MR) is 67.5 cm³/mol. The van der Waals surface area contributed by atoms with Gasteiger partial charge in [0.2, 0.25) is 5.91 Å². The molecule has 0 aliphatic carbocycles. The maximum atomic E-state index is 12.8. The Labute approximate surface area is 114 Å². The van der Waals surface area contributed by atoms with Crippen molar-refractivity contribution in [2.45, 2.75) is 37.9 Å². The third-order valence-corrected chi connectivity index (χ3v) is 2.95. The van der Waals surface area contributed by atoms with E-state index in [-0.39, 0.29) is 12.8 Å². The van der Waals surface area contributed by atoms with Crippen molar-refractivity contribution in [1.82, 2.24) is 0 Å². The topological polar surface area (TPSA) is 55.1 Å². The molecule has 1 aromatic rings. The Bertz CT molecular complexity index is 458. The van der Waals surface area contributed by atoms with Gasteiger partial charge >= 0.3 is 6.18 Å². The number of carbonyl (C=O) groups excluding carboxylic acids is 1. The molecule has 0 aliphatic heterocycles. The van der Waals surface area contributed by atoms with Crippen LogP contribution < -0.4 is 11.1 Å². The summed E-state index contributed by atoms with van der Waals surface area (Å²) in [7, 11) is 0. The first kappa shape index (κ1) is 16.3. The highest BCUT2D eigenvalue weighted by molar-refractivity contribution is 5.87. The lowest BCUT2D eigenvalue weighted by Crippen LogP contribution is -2.48.